The highest BCUT2D eigenvalue weighted by atomic mass is 19.4. The van der Waals surface area contributed by atoms with Crippen molar-refractivity contribution in [3.05, 3.63) is 113 Å². The van der Waals surface area contributed by atoms with Crippen molar-refractivity contribution < 1.29 is 39.9 Å². The second-order valence-electron chi connectivity index (χ2n) is 10.2. The van der Waals surface area contributed by atoms with E-state index in [1.54, 1.807) is 24.3 Å². The van der Waals surface area contributed by atoms with Crippen LogP contribution >= 0.6 is 0 Å². The molecule has 0 spiro atoms. The summed E-state index contributed by atoms with van der Waals surface area (Å²) in [5, 5.41) is 0. The van der Waals surface area contributed by atoms with E-state index in [1.807, 2.05) is 0 Å². The molecule has 0 N–H and O–H groups in total. The maximum atomic E-state index is 13.6. The third kappa shape index (κ3) is 7.69. The van der Waals surface area contributed by atoms with Crippen molar-refractivity contribution in [2.45, 2.75) is 18.4 Å². The Balaban J connectivity index is 1.23. The summed E-state index contributed by atoms with van der Waals surface area (Å²) in [6.07, 6.45) is -9.43. The summed E-state index contributed by atoms with van der Waals surface area (Å²) < 4.78 is 112. The molecule has 1 aliphatic rings. The number of aromatic nitrogens is 2. The van der Waals surface area contributed by atoms with E-state index in [2.05, 4.69) is 19.8 Å². The molecular weight excluding hydrogens is 596 g/mol. The summed E-state index contributed by atoms with van der Waals surface area (Å²) in [5.41, 5.74) is -0.558. The predicted octanol–water partition coefficient (Wildman–Crippen LogP) is 7.25. The summed E-state index contributed by atoms with van der Waals surface area (Å²) in [5.74, 6) is -1.50. The van der Waals surface area contributed by atoms with Crippen LogP contribution in [0.3, 0.4) is 0 Å². The second-order valence-corrected chi connectivity index (χ2v) is 10.2. The Kier molecular flexibility index (Phi) is 9.16. The molecule has 0 amide bonds. The molecule has 1 aromatic heterocycles. The summed E-state index contributed by atoms with van der Waals surface area (Å²) in [6.45, 7) is 2.76. The van der Waals surface area contributed by atoms with E-state index in [1.165, 1.54) is 24.3 Å². The van der Waals surface area contributed by atoms with Gasteiger partial charge in [0.05, 0.1) is 11.6 Å². The maximum Gasteiger partial charge on any atom is 0.433 e. The lowest BCUT2D eigenvalue weighted by Gasteiger charge is -2.39. The Morgan fingerprint density at radius 1 is 0.682 bits per heavy atom. The zero-order chi connectivity index (χ0) is 31.5. The molecule has 13 heteroatoms. The molecule has 5 rings (SSSR count). The number of hydrogen-bond donors (Lipinski definition) is 0. The third-order valence-electron chi connectivity index (χ3n) is 7.26. The van der Waals surface area contributed by atoms with Gasteiger partial charge in [-0.05, 0) is 47.5 Å². The van der Waals surface area contributed by atoms with E-state index >= 15 is 0 Å². The van der Waals surface area contributed by atoms with E-state index in [0.717, 1.165) is 35.4 Å². The van der Waals surface area contributed by atoms with Crippen LogP contribution in [-0.2, 0) is 12.4 Å². The molecule has 44 heavy (non-hydrogen) atoms. The highest BCUT2D eigenvalue weighted by Gasteiger charge is 2.35. The van der Waals surface area contributed by atoms with Crippen molar-refractivity contribution in [3.63, 3.8) is 0 Å². The van der Waals surface area contributed by atoms with Crippen molar-refractivity contribution >= 4 is 0 Å². The van der Waals surface area contributed by atoms with E-state index in [4.69, 9.17) is 4.74 Å². The van der Waals surface area contributed by atoms with E-state index in [0.29, 0.717) is 38.8 Å². The first-order valence-electron chi connectivity index (χ1n) is 13.6. The maximum absolute atomic E-state index is 13.6. The molecule has 5 nitrogen and oxygen atoms in total. The average Bonchev–Trinajstić information content (AvgIpc) is 2.99. The number of piperazine rings is 1. The van der Waals surface area contributed by atoms with Gasteiger partial charge in [0.15, 0.2) is 11.5 Å². The topological polar surface area (TPSA) is 41.5 Å². The molecule has 0 atom stereocenters. The fourth-order valence-electron chi connectivity index (χ4n) is 5.01. The van der Waals surface area contributed by atoms with Crippen molar-refractivity contribution in [1.29, 1.82) is 0 Å². The van der Waals surface area contributed by atoms with Crippen LogP contribution in [0.5, 0.6) is 5.88 Å². The Bertz CT molecular complexity index is 1490. The fraction of sp³-hybridized carbons (Fsp3) is 0.290. The smallest absolute Gasteiger partial charge is 0.433 e. The van der Waals surface area contributed by atoms with Gasteiger partial charge in [0, 0.05) is 44.4 Å². The summed E-state index contributed by atoms with van der Waals surface area (Å²) in [6, 6.07) is 16.2. The zero-order valence-electron chi connectivity index (χ0n) is 23.0. The minimum absolute atomic E-state index is 0.000114. The number of hydrogen-bond acceptors (Lipinski definition) is 5. The molecule has 0 bridgehead atoms. The molecule has 4 aromatic rings. The Morgan fingerprint density at radius 2 is 1.23 bits per heavy atom. The van der Waals surface area contributed by atoms with Gasteiger partial charge < -0.3 is 4.74 Å². The van der Waals surface area contributed by atoms with Crippen LogP contribution in [0.25, 0.3) is 11.4 Å². The molecule has 0 aliphatic carbocycles. The molecule has 3 aromatic carbocycles. The highest BCUT2D eigenvalue weighted by molar-refractivity contribution is 5.56. The van der Waals surface area contributed by atoms with E-state index in [-0.39, 0.29) is 35.7 Å². The zero-order valence-corrected chi connectivity index (χ0v) is 23.0. The fourth-order valence-corrected chi connectivity index (χ4v) is 5.01. The van der Waals surface area contributed by atoms with Gasteiger partial charge in [-0.3, -0.25) is 9.80 Å². The van der Waals surface area contributed by atoms with Gasteiger partial charge >= 0.3 is 12.4 Å². The van der Waals surface area contributed by atoms with Crippen LogP contribution in [0, 0.1) is 11.6 Å². The highest BCUT2D eigenvalue weighted by Crippen LogP contribution is 2.34. The summed E-state index contributed by atoms with van der Waals surface area (Å²) in [4.78, 5) is 11.8. The molecule has 2 heterocycles. The molecule has 1 aliphatic heterocycles. The first-order valence-corrected chi connectivity index (χ1v) is 13.6. The molecule has 1 fully saturated rings. The SMILES string of the molecule is Fc1ccc(C(c2ccc(F)cc2)N2CCN(CCOc3cc(C(F)(F)F)nc(-c4ccc(C(F)(F)F)cc4)n3)CC2)cc1. The van der Waals surface area contributed by atoms with Crippen molar-refractivity contribution in [3.8, 4) is 17.3 Å². The van der Waals surface area contributed by atoms with Crippen LogP contribution in [0.4, 0.5) is 35.1 Å². The largest absolute Gasteiger partial charge is 0.476 e. The van der Waals surface area contributed by atoms with Gasteiger partial charge in [-0.1, -0.05) is 36.4 Å². The monoisotopic (exact) mass is 622 g/mol. The van der Waals surface area contributed by atoms with Crippen molar-refractivity contribution in [2.75, 3.05) is 39.3 Å². The number of nitrogens with zero attached hydrogens (tertiary/aromatic N) is 4. The molecule has 232 valence electrons. The van der Waals surface area contributed by atoms with Crippen molar-refractivity contribution in [2.24, 2.45) is 0 Å². The summed E-state index contributed by atoms with van der Waals surface area (Å²) >= 11 is 0. The number of halogens is 8. The molecule has 0 unspecified atom stereocenters. The van der Waals surface area contributed by atoms with Crippen LogP contribution in [-0.4, -0.2) is 59.1 Å². The van der Waals surface area contributed by atoms with Crippen LogP contribution < -0.4 is 4.74 Å². The van der Waals surface area contributed by atoms with Gasteiger partial charge in [0.1, 0.15) is 18.2 Å². The van der Waals surface area contributed by atoms with Gasteiger partial charge in [-0.15, -0.1) is 0 Å². The molecule has 0 radical (unpaired) electrons. The third-order valence-corrected chi connectivity index (χ3v) is 7.26. The number of rotatable bonds is 8. The molecule has 1 saturated heterocycles. The van der Waals surface area contributed by atoms with Gasteiger partial charge in [0.2, 0.25) is 5.88 Å². The van der Waals surface area contributed by atoms with Gasteiger partial charge in [0.25, 0.3) is 0 Å². The number of benzene rings is 3. The normalized spacial score (nSPS) is 15.1. The van der Waals surface area contributed by atoms with Crippen molar-refractivity contribution in [1.82, 2.24) is 19.8 Å². The van der Waals surface area contributed by atoms with Crippen LogP contribution in [0.1, 0.15) is 28.4 Å². The Hall–Kier alpha value is -4.10. The molecular formula is C31H26F8N4O. The van der Waals surface area contributed by atoms with Crippen LogP contribution in [0.15, 0.2) is 78.9 Å². The first-order chi connectivity index (χ1) is 20.9. The minimum atomic E-state index is -4.83. The van der Waals surface area contributed by atoms with Gasteiger partial charge in [-0.2, -0.15) is 31.3 Å². The molecule has 0 saturated carbocycles. The first kappa shape index (κ1) is 31.3. The van der Waals surface area contributed by atoms with E-state index < -0.39 is 29.4 Å². The number of ether oxygens (including phenoxy) is 1. The van der Waals surface area contributed by atoms with E-state index in [9.17, 15) is 35.1 Å². The second kappa shape index (κ2) is 12.9. The average molecular weight is 623 g/mol. The Labute approximate surface area is 247 Å². The Morgan fingerprint density at radius 3 is 1.73 bits per heavy atom. The lowest BCUT2D eigenvalue weighted by Crippen LogP contribution is -2.48. The quantitative estimate of drug-likeness (QED) is 0.194. The number of alkyl halides is 6. The predicted molar refractivity (Wildman–Crippen MR) is 146 cm³/mol. The lowest BCUT2D eigenvalue weighted by molar-refractivity contribution is -0.141. The lowest BCUT2D eigenvalue weighted by atomic mass is 9.96. The van der Waals surface area contributed by atoms with Crippen LogP contribution in [0.2, 0.25) is 0 Å². The summed E-state index contributed by atoms with van der Waals surface area (Å²) in [7, 11) is 0. The standard InChI is InChI=1S/C31H26F8N4O/c32-24-9-3-20(4-10-24)28(21-5-11-25(33)12-6-21)43-15-13-42(14-16-43)17-18-44-27-19-26(31(37,38)39)40-29(41-27)22-1-7-23(8-2-22)30(34,35)36/h1-12,19,28H,13-18H2. The minimum Gasteiger partial charge on any atom is -0.476 e. The van der Waals surface area contributed by atoms with Gasteiger partial charge in [-0.25, -0.2) is 13.8 Å².